The van der Waals surface area contributed by atoms with Crippen molar-refractivity contribution in [2.45, 2.75) is 38.3 Å². The van der Waals surface area contributed by atoms with E-state index in [0.717, 1.165) is 17.1 Å². The van der Waals surface area contributed by atoms with Crippen molar-refractivity contribution in [3.05, 3.63) is 12.2 Å². The van der Waals surface area contributed by atoms with Gasteiger partial charge < -0.3 is 21.7 Å². The van der Waals surface area contributed by atoms with Gasteiger partial charge in [-0.15, -0.1) is 12.6 Å². The average molecular weight is 413 g/mol. The Morgan fingerprint density at radius 2 is 1.75 bits per heavy atom. The van der Waals surface area contributed by atoms with Crippen LogP contribution in [0.4, 0.5) is 4.79 Å². The van der Waals surface area contributed by atoms with E-state index < -0.39 is 46.9 Å². The molecule has 11 nitrogen and oxygen atoms in total. The van der Waals surface area contributed by atoms with Crippen LogP contribution in [-0.2, 0) is 24.0 Å². The van der Waals surface area contributed by atoms with Crippen LogP contribution in [0.1, 0.15) is 26.2 Å². The Hall–Kier alpha value is -2.89. The highest BCUT2D eigenvalue weighted by Gasteiger charge is 2.25. The minimum absolute atomic E-state index is 0.102. The molecule has 0 saturated heterocycles. The van der Waals surface area contributed by atoms with Crippen LogP contribution in [-0.4, -0.2) is 64.8 Å². The number of primary amides is 1. The maximum absolute atomic E-state index is 12.2. The van der Waals surface area contributed by atoms with Gasteiger partial charge in [0.1, 0.15) is 6.04 Å². The minimum atomic E-state index is -0.950. The monoisotopic (exact) mass is 413 g/mol. The van der Waals surface area contributed by atoms with Crippen LogP contribution < -0.4 is 21.7 Å². The van der Waals surface area contributed by atoms with Gasteiger partial charge in [-0.05, 0) is 19.8 Å². The molecular formula is C16H23N5O6S. The summed E-state index contributed by atoms with van der Waals surface area (Å²) in [5, 5.41) is 6.69. The first-order valence-corrected chi connectivity index (χ1v) is 8.96. The van der Waals surface area contributed by atoms with Crippen LogP contribution >= 0.6 is 12.6 Å². The van der Waals surface area contributed by atoms with Gasteiger partial charge in [-0.25, -0.2) is 4.79 Å². The second-order valence-electron chi connectivity index (χ2n) is 6.03. The molecule has 0 spiro atoms. The zero-order valence-electron chi connectivity index (χ0n) is 15.3. The SMILES string of the molecule is C[C@H](NC(=O)CCN1C(=O)C=CC1=O)C(=O)N[C@@H](CCCNC(N)=O)C(=O)S. The minimum Gasteiger partial charge on any atom is -0.352 e. The molecule has 0 aromatic carbocycles. The topological polar surface area (TPSA) is 168 Å². The Bertz CT molecular complexity index is 677. The van der Waals surface area contributed by atoms with Crippen molar-refractivity contribution in [3.8, 4) is 0 Å². The summed E-state index contributed by atoms with van der Waals surface area (Å²) in [6.45, 7) is 1.56. The van der Waals surface area contributed by atoms with Crippen molar-refractivity contribution in [3.63, 3.8) is 0 Å². The highest BCUT2D eigenvalue weighted by Crippen LogP contribution is 2.05. The summed E-state index contributed by atoms with van der Waals surface area (Å²) in [5.41, 5.74) is 4.93. The number of imide groups is 1. The van der Waals surface area contributed by atoms with Crippen molar-refractivity contribution in [2.24, 2.45) is 5.73 Å². The molecule has 6 amide bonds. The molecule has 154 valence electrons. The van der Waals surface area contributed by atoms with Gasteiger partial charge in [0.05, 0.1) is 6.04 Å². The summed E-state index contributed by atoms with van der Waals surface area (Å²) in [4.78, 5) is 70.0. The van der Waals surface area contributed by atoms with Crippen LogP contribution in [0.5, 0.6) is 0 Å². The first-order chi connectivity index (χ1) is 13.1. The van der Waals surface area contributed by atoms with Crippen molar-refractivity contribution < 1.29 is 28.8 Å². The van der Waals surface area contributed by atoms with Gasteiger partial charge in [0.25, 0.3) is 11.8 Å². The van der Waals surface area contributed by atoms with Crippen molar-refractivity contribution >= 4 is 47.4 Å². The molecule has 28 heavy (non-hydrogen) atoms. The molecule has 0 saturated carbocycles. The van der Waals surface area contributed by atoms with E-state index in [1.807, 2.05) is 0 Å². The lowest BCUT2D eigenvalue weighted by Gasteiger charge is -2.20. The lowest BCUT2D eigenvalue weighted by molar-refractivity contribution is -0.137. The number of carbonyl (C=O) groups excluding carboxylic acids is 6. The predicted molar refractivity (Wildman–Crippen MR) is 101 cm³/mol. The summed E-state index contributed by atoms with van der Waals surface area (Å²) in [6, 6.07) is -2.53. The molecule has 0 aromatic rings. The second kappa shape index (κ2) is 11.1. The van der Waals surface area contributed by atoms with Gasteiger partial charge in [-0.2, -0.15) is 0 Å². The second-order valence-corrected chi connectivity index (χ2v) is 6.47. The van der Waals surface area contributed by atoms with Crippen LogP contribution in [0.3, 0.4) is 0 Å². The molecule has 1 rings (SSSR count). The summed E-state index contributed by atoms with van der Waals surface area (Å²) >= 11 is 3.72. The number of thiol groups is 1. The van der Waals surface area contributed by atoms with E-state index in [0.29, 0.717) is 6.42 Å². The third-order valence-corrected chi connectivity index (χ3v) is 4.13. The number of carbonyl (C=O) groups is 6. The van der Waals surface area contributed by atoms with Crippen LogP contribution in [0, 0.1) is 0 Å². The zero-order valence-corrected chi connectivity index (χ0v) is 16.2. The van der Waals surface area contributed by atoms with E-state index in [-0.39, 0.29) is 25.9 Å². The van der Waals surface area contributed by atoms with Gasteiger partial charge in [0.2, 0.25) is 16.9 Å². The number of hydrogen-bond acceptors (Lipinski definition) is 6. The van der Waals surface area contributed by atoms with E-state index in [4.69, 9.17) is 5.73 Å². The van der Waals surface area contributed by atoms with E-state index in [2.05, 4.69) is 28.6 Å². The first-order valence-electron chi connectivity index (χ1n) is 8.51. The summed E-state index contributed by atoms with van der Waals surface area (Å²) in [5.74, 6) is -2.12. The van der Waals surface area contributed by atoms with E-state index in [1.165, 1.54) is 6.92 Å². The molecule has 1 heterocycles. The highest BCUT2D eigenvalue weighted by molar-refractivity contribution is 7.96. The molecule has 0 bridgehead atoms. The molecule has 0 radical (unpaired) electrons. The first kappa shape index (κ1) is 23.1. The molecule has 12 heteroatoms. The van der Waals surface area contributed by atoms with E-state index in [9.17, 15) is 28.8 Å². The lowest BCUT2D eigenvalue weighted by atomic mass is 10.1. The summed E-state index contributed by atoms with van der Waals surface area (Å²) in [6.07, 6.45) is 2.67. The molecule has 0 fully saturated rings. The van der Waals surface area contributed by atoms with E-state index in [1.54, 1.807) is 0 Å². The normalized spacial score (nSPS) is 15.1. The third-order valence-electron chi connectivity index (χ3n) is 3.82. The number of rotatable bonds is 11. The van der Waals surface area contributed by atoms with Gasteiger partial charge in [0, 0.05) is 31.7 Å². The van der Waals surface area contributed by atoms with Crippen molar-refractivity contribution in [1.29, 1.82) is 0 Å². The molecular weight excluding hydrogens is 390 g/mol. The number of urea groups is 1. The molecule has 1 aliphatic heterocycles. The molecule has 0 aromatic heterocycles. The maximum atomic E-state index is 12.2. The Morgan fingerprint density at radius 1 is 1.14 bits per heavy atom. The third kappa shape index (κ3) is 7.78. The van der Waals surface area contributed by atoms with Crippen molar-refractivity contribution in [1.82, 2.24) is 20.9 Å². The predicted octanol–water partition coefficient (Wildman–Crippen LogP) is -1.80. The Kier molecular flexibility index (Phi) is 9.15. The van der Waals surface area contributed by atoms with Gasteiger partial charge in [-0.3, -0.25) is 28.9 Å². The van der Waals surface area contributed by atoms with Crippen LogP contribution in [0.15, 0.2) is 12.2 Å². The molecule has 0 unspecified atom stereocenters. The molecule has 5 N–H and O–H groups in total. The smallest absolute Gasteiger partial charge is 0.312 e. The number of nitrogens with one attached hydrogen (secondary N) is 3. The fraction of sp³-hybridized carbons (Fsp3) is 0.500. The standard InChI is InChI=1S/C16H23N5O6S/c1-9(19-11(22)6-8-21-12(23)4-5-13(21)24)14(25)20-10(15(26)28)3-2-7-18-16(17)27/h4-5,9-10H,2-3,6-8H2,1H3,(H,19,22)(H,20,25)(H,26,28)(H3,17,18,27)/t9-,10-/m0/s1. The van der Waals surface area contributed by atoms with Gasteiger partial charge in [-0.1, -0.05) is 0 Å². The number of amides is 6. The quantitative estimate of drug-likeness (QED) is 0.152. The summed E-state index contributed by atoms with van der Waals surface area (Å²) in [7, 11) is 0. The number of nitrogens with zero attached hydrogens (tertiary/aromatic N) is 1. The summed E-state index contributed by atoms with van der Waals surface area (Å²) < 4.78 is 0. The van der Waals surface area contributed by atoms with Crippen molar-refractivity contribution in [2.75, 3.05) is 13.1 Å². The van der Waals surface area contributed by atoms with Crippen LogP contribution in [0.2, 0.25) is 0 Å². The zero-order chi connectivity index (χ0) is 21.3. The largest absolute Gasteiger partial charge is 0.352 e. The van der Waals surface area contributed by atoms with Gasteiger partial charge >= 0.3 is 6.03 Å². The van der Waals surface area contributed by atoms with E-state index >= 15 is 0 Å². The average Bonchev–Trinajstić information content (AvgIpc) is 2.93. The maximum Gasteiger partial charge on any atom is 0.312 e. The lowest BCUT2D eigenvalue weighted by Crippen LogP contribution is -2.50. The van der Waals surface area contributed by atoms with Crippen LogP contribution in [0.25, 0.3) is 0 Å². The fourth-order valence-electron chi connectivity index (χ4n) is 2.32. The number of hydrogen-bond donors (Lipinski definition) is 5. The Balaban J connectivity index is 2.41. The molecule has 0 aliphatic carbocycles. The number of nitrogens with two attached hydrogens (primary N) is 1. The van der Waals surface area contributed by atoms with Gasteiger partial charge in [0.15, 0.2) is 0 Å². The Labute approximate surface area is 166 Å². The molecule has 1 aliphatic rings. The Morgan fingerprint density at radius 3 is 2.29 bits per heavy atom. The molecule has 2 atom stereocenters. The fourth-order valence-corrected chi connectivity index (χ4v) is 2.51. The highest BCUT2D eigenvalue weighted by atomic mass is 32.1.